The highest BCUT2D eigenvalue weighted by atomic mass is 35.5. The van der Waals surface area contributed by atoms with Crippen molar-refractivity contribution in [3.63, 3.8) is 0 Å². The maximum atomic E-state index is 6.16. The van der Waals surface area contributed by atoms with Gasteiger partial charge in [-0.15, -0.1) is 0 Å². The first-order valence-corrected chi connectivity index (χ1v) is 10.2. The van der Waals surface area contributed by atoms with Crippen LogP contribution in [0.1, 0.15) is 22.4 Å². The number of hydrogen-bond donors (Lipinski definition) is 0. The molecule has 6 heteroatoms. The Hall–Kier alpha value is -2.60. The lowest BCUT2D eigenvalue weighted by Crippen LogP contribution is -2.19. The molecule has 0 N–H and O–H groups in total. The van der Waals surface area contributed by atoms with Crippen LogP contribution in [-0.4, -0.2) is 26.0 Å². The first-order valence-electron chi connectivity index (χ1n) is 9.84. The molecule has 0 unspecified atom stereocenters. The second-order valence-corrected chi connectivity index (χ2v) is 7.99. The number of hydroxylamine groups is 2. The van der Waals surface area contributed by atoms with Crippen LogP contribution >= 0.6 is 11.6 Å². The highest BCUT2D eigenvalue weighted by Gasteiger charge is 2.20. The molecule has 148 valence electrons. The van der Waals surface area contributed by atoms with Gasteiger partial charge in [0.15, 0.2) is 0 Å². The number of fused-ring (bicyclic) bond motifs is 2. The summed E-state index contributed by atoms with van der Waals surface area (Å²) >= 11 is 6.16. The summed E-state index contributed by atoms with van der Waals surface area (Å²) in [5.41, 5.74) is 6.06. The average Bonchev–Trinajstić information content (AvgIpc) is 3.37. The molecular weight excluding hydrogens is 384 g/mol. The fraction of sp³-hybridized carbons (Fsp3) is 0.261. The molecule has 29 heavy (non-hydrogen) atoms. The summed E-state index contributed by atoms with van der Waals surface area (Å²) in [5.74, 6) is 1.08. The van der Waals surface area contributed by atoms with E-state index in [1.165, 1.54) is 16.7 Å². The largest absolute Gasteiger partial charge is 0.301 e. The van der Waals surface area contributed by atoms with Crippen molar-refractivity contribution < 1.29 is 4.84 Å². The second kappa shape index (κ2) is 7.34. The molecule has 4 aromatic rings. The monoisotopic (exact) mass is 406 g/mol. The Morgan fingerprint density at radius 2 is 1.83 bits per heavy atom. The summed E-state index contributed by atoms with van der Waals surface area (Å²) in [4.78, 5) is 6.10. The third-order valence-electron chi connectivity index (χ3n) is 5.63. The van der Waals surface area contributed by atoms with Crippen molar-refractivity contribution in [3.8, 4) is 5.82 Å². The van der Waals surface area contributed by atoms with Crippen LogP contribution < -0.4 is 0 Å². The minimum absolute atomic E-state index is 0.624. The molecule has 1 aliphatic heterocycles. The minimum Gasteiger partial charge on any atom is -0.301 e. The van der Waals surface area contributed by atoms with Crippen LogP contribution in [0.5, 0.6) is 0 Å². The topological polar surface area (TPSA) is 35.2 Å². The summed E-state index contributed by atoms with van der Waals surface area (Å²) in [7, 11) is 1.99. The van der Waals surface area contributed by atoms with E-state index < -0.39 is 0 Å². The van der Waals surface area contributed by atoms with E-state index >= 15 is 0 Å². The lowest BCUT2D eigenvalue weighted by atomic mass is 10.1. The van der Waals surface area contributed by atoms with Gasteiger partial charge in [-0.2, -0.15) is 10.2 Å². The fourth-order valence-electron chi connectivity index (χ4n) is 4.25. The zero-order valence-electron chi connectivity index (χ0n) is 16.6. The highest BCUT2D eigenvalue weighted by Crippen LogP contribution is 2.27. The van der Waals surface area contributed by atoms with Gasteiger partial charge in [0, 0.05) is 48.7 Å². The molecule has 5 rings (SSSR count). The number of halogens is 1. The van der Waals surface area contributed by atoms with E-state index in [4.69, 9.17) is 16.4 Å². The van der Waals surface area contributed by atoms with Gasteiger partial charge in [-0.1, -0.05) is 35.9 Å². The molecule has 2 aromatic carbocycles. The van der Waals surface area contributed by atoms with E-state index in [1.54, 1.807) is 0 Å². The van der Waals surface area contributed by atoms with Crippen LogP contribution in [0, 0.1) is 6.92 Å². The van der Waals surface area contributed by atoms with Crippen molar-refractivity contribution in [2.75, 3.05) is 6.61 Å². The Morgan fingerprint density at radius 1 is 1.07 bits per heavy atom. The smallest absolute Gasteiger partial charge is 0.138 e. The molecule has 0 bridgehead atoms. The lowest BCUT2D eigenvalue weighted by Gasteiger charge is -2.15. The number of nitrogens with zero attached hydrogens (tertiary/aromatic N) is 4. The lowest BCUT2D eigenvalue weighted by molar-refractivity contribution is -0.164. The van der Waals surface area contributed by atoms with Crippen LogP contribution in [0.3, 0.4) is 0 Å². The quantitative estimate of drug-likeness (QED) is 0.476. The molecule has 0 saturated heterocycles. The van der Waals surface area contributed by atoms with Crippen molar-refractivity contribution in [2.45, 2.75) is 26.4 Å². The Bertz CT molecular complexity index is 1170. The van der Waals surface area contributed by atoms with Crippen molar-refractivity contribution >= 4 is 22.5 Å². The number of hydrogen-bond acceptors (Lipinski definition) is 3. The van der Waals surface area contributed by atoms with E-state index in [9.17, 15) is 0 Å². The van der Waals surface area contributed by atoms with E-state index in [0.29, 0.717) is 6.61 Å². The third kappa shape index (κ3) is 3.35. The molecule has 0 saturated carbocycles. The predicted octanol–water partition coefficient (Wildman–Crippen LogP) is 4.82. The minimum atomic E-state index is 0.624. The number of rotatable bonds is 5. The van der Waals surface area contributed by atoms with Gasteiger partial charge in [0.1, 0.15) is 5.82 Å². The van der Waals surface area contributed by atoms with Crippen LogP contribution in [0.2, 0.25) is 5.02 Å². The van der Waals surface area contributed by atoms with E-state index in [1.807, 2.05) is 28.9 Å². The number of aryl methyl sites for hydroxylation is 2. The third-order valence-corrected chi connectivity index (χ3v) is 5.87. The summed E-state index contributed by atoms with van der Waals surface area (Å²) in [6.07, 6.45) is 2.88. The maximum Gasteiger partial charge on any atom is 0.138 e. The maximum absolute atomic E-state index is 6.16. The normalized spacial score (nSPS) is 14.0. The van der Waals surface area contributed by atoms with Crippen LogP contribution in [-0.2, 0) is 31.4 Å². The van der Waals surface area contributed by atoms with Crippen LogP contribution in [0.25, 0.3) is 16.7 Å². The molecule has 0 atom stereocenters. The molecule has 0 radical (unpaired) electrons. The molecule has 3 heterocycles. The Labute approximate surface area is 175 Å². The summed E-state index contributed by atoms with van der Waals surface area (Å²) in [5, 5.41) is 8.59. The Morgan fingerprint density at radius 3 is 2.59 bits per heavy atom. The fourth-order valence-corrected chi connectivity index (χ4v) is 4.43. The average molecular weight is 407 g/mol. The van der Waals surface area contributed by atoms with Gasteiger partial charge in [-0.3, -0.25) is 9.52 Å². The summed E-state index contributed by atoms with van der Waals surface area (Å²) in [6, 6.07) is 16.6. The SMILES string of the molecule is Cc1nn(C)c(-n2ccc3cc(Cl)ccc32)c1CCON1Cc2ccccc2C1. The summed E-state index contributed by atoms with van der Waals surface area (Å²) < 4.78 is 4.14. The Kier molecular flexibility index (Phi) is 4.66. The van der Waals surface area contributed by atoms with Crippen molar-refractivity contribution in [1.29, 1.82) is 0 Å². The van der Waals surface area contributed by atoms with Gasteiger partial charge in [0.25, 0.3) is 0 Å². The zero-order chi connectivity index (χ0) is 20.0. The number of benzene rings is 2. The molecular formula is C23H23ClN4O. The van der Waals surface area contributed by atoms with E-state index in [2.05, 4.69) is 59.2 Å². The second-order valence-electron chi connectivity index (χ2n) is 7.55. The van der Waals surface area contributed by atoms with Crippen LogP contribution in [0.15, 0.2) is 54.7 Å². The molecule has 1 aliphatic rings. The molecule has 0 spiro atoms. The number of aromatic nitrogens is 3. The van der Waals surface area contributed by atoms with Gasteiger partial charge in [-0.05, 0) is 42.3 Å². The van der Waals surface area contributed by atoms with Gasteiger partial charge < -0.3 is 4.57 Å². The van der Waals surface area contributed by atoms with Crippen molar-refractivity contribution in [3.05, 3.63) is 82.1 Å². The highest BCUT2D eigenvalue weighted by molar-refractivity contribution is 6.31. The standard InChI is InChI=1S/C23H23ClN4O/c1-16-21(10-12-29-27-14-18-5-3-4-6-19(18)15-27)23(26(2)25-16)28-11-9-17-13-20(24)7-8-22(17)28/h3-9,11,13H,10,12,14-15H2,1-2H3. The molecule has 2 aromatic heterocycles. The van der Waals surface area contributed by atoms with E-state index in [0.717, 1.165) is 46.9 Å². The molecule has 0 fully saturated rings. The molecule has 0 aliphatic carbocycles. The predicted molar refractivity (Wildman–Crippen MR) is 115 cm³/mol. The van der Waals surface area contributed by atoms with Crippen molar-refractivity contribution in [1.82, 2.24) is 19.4 Å². The van der Waals surface area contributed by atoms with Gasteiger partial charge >= 0.3 is 0 Å². The zero-order valence-corrected chi connectivity index (χ0v) is 17.4. The first-order chi connectivity index (χ1) is 14.1. The van der Waals surface area contributed by atoms with Gasteiger partial charge in [0.05, 0.1) is 17.8 Å². The molecule has 0 amide bonds. The summed E-state index contributed by atoms with van der Waals surface area (Å²) in [6.45, 7) is 4.38. The van der Waals surface area contributed by atoms with E-state index in [-0.39, 0.29) is 0 Å². The van der Waals surface area contributed by atoms with Gasteiger partial charge in [-0.25, -0.2) is 0 Å². The molecule has 5 nitrogen and oxygen atoms in total. The van der Waals surface area contributed by atoms with Crippen LogP contribution in [0.4, 0.5) is 0 Å². The Balaban J connectivity index is 1.36. The first kappa shape index (κ1) is 18.4. The van der Waals surface area contributed by atoms with Gasteiger partial charge in [0.2, 0.25) is 0 Å². The van der Waals surface area contributed by atoms with Crippen molar-refractivity contribution in [2.24, 2.45) is 7.05 Å².